The van der Waals surface area contributed by atoms with Crippen LogP contribution >= 0.6 is 0 Å². The van der Waals surface area contributed by atoms with E-state index in [1.54, 1.807) is 6.33 Å². The summed E-state index contributed by atoms with van der Waals surface area (Å²) < 4.78 is 0. The smallest absolute Gasteiger partial charge is 0.132 e. The van der Waals surface area contributed by atoms with Gasteiger partial charge in [-0.25, -0.2) is 9.97 Å². The van der Waals surface area contributed by atoms with Gasteiger partial charge in [0.1, 0.15) is 12.1 Å². The molecule has 1 N–H and O–H groups in total. The number of benzene rings is 2. The predicted octanol–water partition coefficient (Wildman–Crippen LogP) is 2.71. The first-order chi connectivity index (χ1) is 10.9. The molecule has 1 aliphatic heterocycles. The fourth-order valence-electron chi connectivity index (χ4n) is 2.92. The molecule has 0 radical (unpaired) electrons. The molecule has 0 bridgehead atoms. The van der Waals surface area contributed by atoms with Crippen LogP contribution in [0.25, 0.3) is 22.0 Å². The first kappa shape index (κ1) is 13.2. The molecule has 0 amide bonds. The fraction of sp³-hybridized carbons (Fsp3) is 0.222. The Morgan fingerprint density at radius 2 is 1.68 bits per heavy atom. The van der Waals surface area contributed by atoms with Crippen LogP contribution in [0.5, 0.6) is 0 Å². The lowest BCUT2D eigenvalue weighted by molar-refractivity contribution is 0.584. The zero-order valence-electron chi connectivity index (χ0n) is 12.4. The molecule has 1 saturated heterocycles. The van der Waals surface area contributed by atoms with Crippen molar-refractivity contribution in [3.05, 3.63) is 54.9 Å². The zero-order chi connectivity index (χ0) is 14.8. The molecule has 2 heterocycles. The van der Waals surface area contributed by atoms with Crippen LogP contribution in [-0.2, 0) is 0 Å². The number of hydrogen-bond donors (Lipinski definition) is 1. The van der Waals surface area contributed by atoms with Crippen LogP contribution in [0.1, 0.15) is 0 Å². The number of fused-ring (bicyclic) bond motifs is 1. The molecule has 0 saturated carbocycles. The minimum Gasteiger partial charge on any atom is -0.354 e. The van der Waals surface area contributed by atoms with Crippen molar-refractivity contribution in [2.45, 2.75) is 0 Å². The van der Waals surface area contributed by atoms with Gasteiger partial charge in [0.05, 0.1) is 5.69 Å². The van der Waals surface area contributed by atoms with E-state index in [0.29, 0.717) is 0 Å². The molecule has 0 unspecified atom stereocenters. The van der Waals surface area contributed by atoms with Gasteiger partial charge in [0.25, 0.3) is 0 Å². The number of hydrogen-bond acceptors (Lipinski definition) is 4. The van der Waals surface area contributed by atoms with Gasteiger partial charge in [-0.15, -0.1) is 0 Å². The molecule has 4 nitrogen and oxygen atoms in total. The van der Waals surface area contributed by atoms with Gasteiger partial charge in [-0.3, -0.25) is 0 Å². The van der Waals surface area contributed by atoms with Crippen LogP contribution in [0.3, 0.4) is 0 Å². The lowest BCUT2D eigenvalue weighted by atomic mass is 10.0. The van der Waals surface area contributed by atoms with E-state index in [0.717, 1.165) is 43.3 Å². The second kappa shape index (κ2) is 5.73. The number of piperazine rings is 1. The van der Waals surface area contributed by atoms with Gasteiger partial charge >= 0.3 is 0 Å². The Balaban J connectivity index is 1.71. The summed E-state index contributed by atoms with van der Waals surface area (Å²) in [4.78, 5) is 11.2. The Bertz CT molecular complexity index is 794. The maximum atomic E-state index is 4.46. The van der Waals surface area contributed by atoms with E-state index in [9.17, 15) is 0 Å². The first-order valence-corrected chi connectivity index (χ1v) is 7.67. The van der Waals surface area contributed by atoms with E-state index in [2.05, 4.69) is 68.7 Å². The Kier molecular flexibility index (Phi) is 3.45. The summed E-state index contributed by atoms with van der Waals surface area (Å²) in [6, 6.07) is 17.0. The summed E-state index contributed by atoms with van der Waals surface area (Å²) in [5, 5.41) is 5.86. The van der Waals surface area contributed by atoms with E-state index in [-0.39, 0.29) is 0 Å². The third kappa shape index (κ3) is 2.53. The lowest BCUT2D eigenvalue weighted by Crippen LogP contribution is -2.43. The van der Waals surface area contributed by atoms with Crippen molar-refractivity contribution in [2.24, 2.45) is 0 Å². The van der Waals surface area contributed by atoms with Gasteiger partial charge in [-0.05, 0) is 16.8 Å². The number of aromatic nitrogens is 2. The summed E-state index contributed by atoms with van der Waals surface area (Å²) >= 11 is 0. The van der Waals surface area contributed by atoms with Crippen molar-refractivity contribution in [3.63, 3.8) is 0 Å². The average molecular weight is 290 g/mol. The summed E-state index contributed by atoms with van der Waals surface area (Å²) in [7, 11) is 0. The van der Waals surface area contributed by atoms with Crippen molar-refractivity contribution in [2.75, 3.05) is 31.1 Å². The van der Waals surface area contributed by atoms with Crippen LogP contribution in [0, 0.1) is 0 Å². The molecule has 4 heteroatoms. The average Bonchev–Trinajstić information content (AvgIpc) is 2.62. The van der Waals surface area contributed by atoms with E-state index in [1.807, 2.05) is 0 Å². The quantitative estimate of drug-likeness (QED) is 0.788. The summed E-state index contributed by atoms with van der Waals surface area (Å²) in [5.74, 6) is 1.01. The van der Waals surface area contributed by atoms with Gasteiger partial charge in [-0.2, -0.15) is 0 Å². The van der Waals surface area contributed by atoms with Crippen LogP contribution < -0.4 is 10.2 Å². The summed E-state index contributed by atoms with van der Waals surface area (Å²) in [5.41, 5.74) is 2.12. The maximum absolute atomic E-state index is 4.46. The molecular weight excluding hydrogens is 272 g/mol. The molecule has 4 rings (SSSR count). The van der Waals surface area contributed by atoms with E-state index >= 15 is 0 Å². The van der Waals surface area contributed by atoms with Crippen molar-refractivity contribution < 1.29 is 0 Å². The van der Waals surface area contributed by atoms with E-state index in [1.165, 1.54) is 10.8 Å². The largest absolute Gasteiger partial charge is 0.354 e. The fourth-order valence-corrected chi connectivity index (χ4v) is 2.92. The highest BCUT2D eigenvalue weighted by Gasteiger charge is 2.12. The van der Waals surface area contributed by atoms with Crippen LogP contribution in [0.2, 0.25) is 0 Å². The third-order valence-corrected chi connectivity index (χ3v) is 4.14. The summed E-state index contributed by atoms with van der Waals surface area (Å²) in [6.07, 6.45) is 1.67. The molecular formula is C18H18N4. The predicted molar refractivity (Wildman–Crippen MR) is 90.1 cm³/mol. The minimum atomic E-state index is 0.981. The number of nitrogens with zero attached hydrogens (tertiary/aromatic N) is 3. The van der Waals surface area contributed by atoms with Crippen LogP contribution in [0.4, 0.5) is 5.82 Å². The first-order valence-electron chi connectivity index (χ1n) is 7.67. The van der Waals surface area contributed by atoms with Gasteiger partial charge in [-0.1, -0.05) is 36.4 Å². The Labute approximate surface area is 129 Å². The van der Waals surface area contributed by atoms with Gasteiger partial charge in [0.15, 0.2) is 0 Å². The van der Waals surface area contributed by atoms with Gasteiger partial charge < -0.3 is 10.2 Å². The molecule has 1 fully saturated rings. The van der Waals surface area contributed by atoms with E-state index < -0.39 is 0 Å². The molecule has 0 atom stereocenters. The zero-order valence-corrected chi connectivity index (χ0v) is 12.4. The third-order valence-electron chi connectivity index (χ3n) is 4.14. The Hall–Kier alpha value is -2.46. The SMILES string of the molecule is c1ccc2cc(-c3cc(N4CCNCC4)ncn3)ccc2c1. The normalized spacial score (nSPS) is 15.2. The molecule has 2 aromatic carbocycles. The molecule has 22 heavy (non-hydrogen) atoms. The topological polar surface area (TPSA) is 41.0 Å². The second-order valence-corrected chi connectivity index (χ2v) is 5.56. The molecule has 110 valence electrons. The minimum absolute atomic E-state index is 0.981. The molecule has 1 aromatic heterocycles. The highest BCUT2D eigenvalue weighted by molar-refractivity contribution is 5.86. The van der Waals surface area contributed by atoms with Gasteiger partial charge in [0, 0.05) is 37.8 Å². The standard InChI is InChI=1S/C18H18N4/c1-2-4-15-11-16(6-5-14(15)3-1)17-12-18(21-13-20-17)22-9-7-19-8-10-22/h1-6,11-13,19H,7-10H2. The maximum Gasteiger partial charge on any atom is 0.132 e. The van der Waals surface area contributed by atoms with Crippen LogP contribution in [-0.4, -0.2) is 36.1 Å². The van der Waals surface area contributed by atoms with Crippen molar-refractivity contribution >= 4 is 16.6 Å². The molecule has 3 aromatic rings. The van der Waals surface area contributed by atoms with Crippen molar-refractivity contribution in [1.29, 1.82) is 0 Å². The Morgan fingerprint density at radius 3 is 2.55 bits per heavy atom. The van der Waals surface area contributed by atoms with Gasteiger partial charge in [0.2, 0.25) is 0 Å². The monoisotopic (exact) mass is 290 g/mol. The van der Waals surface area contributed by atoms with Crippen molar-refractivity contribution in [3.8, 4) is 11.3 Å². The van der Waals surface area contributed by atoms with Crippen molar-refractivity contribution in [1.82, 2.24) is 15.3 Å². The number of nitrogens with one attached hydrogen (secondary N) is 1. The molecule has 0 spiro atoms. The lowest BCUT2D eigenvalue weighted by Gasteiger charge is -2.28. The Morgan fingerprint density at radius 1 is 0.864 bits per heavy atom. The molecule has 0 aliphatic carbocycles. The molecule has 1 aliphatic rings. The van der Waals surface area contributed by atoms with E-state index in [4.69, 9.17) is 0 Å². The highest BCUT2D eigenvalue weighted by atomic mass is 15.2. The summed E-state index contributed by atoms with van der Waals surface area (Å²) in [6.45, 7) is 4.01. The number of anilines is 1. The second-order valence-electron chi connectivity index (χ2n) is 5.56. The highest BCUT2D eigenvalue weighted by Crippen LogP contribution is 2.25. The number of rotatable bonds is 2. The van der Waals surface area contributed by atoms with Crippen LogP contribution in [0.15, 0.2) is 54.9 Å².